The van der Waals surface area contributed by atoms with E-state index in [1.807, 2.05) is 23.0 Å². The van der Waals surface area contributed by atoms with E-state index < -0.39 is 0 Å². The minimum atomic E-state index is -0.290. The van der Waals surface area contributed by atoms with Gasteiger partial charge in [-0.15, -0.1) is 0 Å². The second-order valence-electron chi connectivity index (χ2n) is 4.76. The zero-order chi connectivity index (χ0) is 14.5. The van der Waals surface area contributed by atoms with Gasteiger partial charge in [-0.05, 0) is 37.1 Å². The lowest BCUT2D eigenvalue weighted by Crippen LogP contribution is -2.05. The van der Waals surface area contributed by atoms with Crippen LogP contribution >= 0.6 is 15.9 Å². The highest BCUT2D eigenvalue weighted by atomic mass is 79.9. The third kappa shape index (κ3) is 3.82. The molecule has 1 unspecified atom stereocenters. The molecule has 0 aliphatic carbocycles. The molecule has 1 heterocycles. The standard InChI is InChI=1S/C15H18BrFN2O/c1-3-11(2)19-5-4-14(18-19)10-20-15-7-12(9-16)6-13(17)8-15/h4-8,11H,3,9-10H2,1-2H3. The van der Waals surface area contributed by atoms with E-state index in [0.717, 1.165) is 17.7 Å². The maximum Gasteiger partial charge on any atom is 0.132 e. The summed E-state index contributed by atoms with van der Waals surface area (Å²) in [5.41, 5.74) is 1.69. The van der Waals surface area contributed by atoms with Gasteiger partial charge in [0.25, 0.3) is 0 Å². The fraction of sp³-hybridized carbons (Fsp3) is 0.400. The Morgan fingerprint density at radius 3 is 2.90 bits per heavy atom. The number of hydrogen-bond donors (Lipinski definition) is 0. The third-order valence-corrected chi connectivity index (χ3v) is 3.83. The van der Waals surface area contributed by atoms with E-state index in [1.165, 1.54) is 12.1 Å². The van der Waals surface area contributed by atoms with Crippen LogP contribution in [0, 0.1) is 5.82 Å². The second-order valence-corrected chi connectivity index (χ2v) is 5.32. The monoisotopic (exact) mass is 340 g/mol. The predicted molar refractivity (Wildman–Crippen MR) is 80.6 cm³/mol. The van der Waals surface area contributed by atoms with Gasteiger partial charge in [0, 0.05) is 23.6 Å². The Balaban J connectivity index is 2.01. The smallest absolute Gasteiger partial charge is 0.132 e. The first-order valence-electron chi connectivity index (χ1n) is 6.64. The number of alkyl halides is 1. The average molecular weight is 341 g/mol. The molecule has 1 aromatic carbocycles. The van der Waals surface area contributed by atoms with Crippen molar-refractivity contribution in [3.05, 3.63) is 47.5 Å². The molecule has 0 saturated heterocycles. The van der Waals surface area contributed by atoms with Crippen LogP contribution in [0.4, 0.5) is 4.39 Å². The molecule has 1 aromatic heterocycles. The first kappa shape index (κ1) is 15.0. The van der Waals surface area contributed by atoms with Crippen molar-refractivity contribution in [1.29, 1.82) is 0 Å². The molecular formula is C15H18BrFN2O. The quantitative estimate of drug-likeness (QED) is 0.725. The Morgan fingerprint density at radius 2 is 2.20 bits per heavy atom. The van der Waals surface area contributed by atoms with Crippen molar-refractivity contribution in [1.82, 2.24) is 9.78 Å². The minimum Gasteiger partial charge on any atom is -0.487 e. The van der Waals surface area contributed by atoms with Gasteiger partial charge in [-0.25, -0.2) is 4.39 Å². The van der Waals surface area contributed by atoms with E-state index in [4.69, 9.17) is 4.74 Å². The zero-order valence-corrected chi connectivity index (χ0v) is 13.2. The molecule has 2 aromatic rings. The summed E-state index contributed by atoms with van der Waals surface area (Å²) in [5, 5.41) is 5.05. The number of benzene rings is 1. The summed E-state index contributed by atoms with van der Waals surface area (Å²) in [5.74, 6) is 0.236. The number of rotatable bonds is 6. The van der Waals surface area contributed by atoms with Gasteiger partial charge in [0.2, 0.25) is 0 Å². The first-order valence-corrected chi connectivity index (χ1v) is 7.76. The molecule has 0 aliphatic rings. The van der Waals surface area contributed by atoms with Crippen LogP contribution in [-0.4, -0.2) is 9.78 Å². The van der Waals surface area contributed by atoms with Crippen molar-refractivity contribution in [2.45, 2.75) is 38.2 Å². The van der Waals surface area contributed by atoms with Crippen molar-refractivity contribution >= 4 is 15.9 Å². The summed E-state index contributed by atoms with van der Waals surface area (Å²) in [6.07, 6.45) is 2.98. The lowest BCUT2D eigenvalue weighted by Gasteiger charge is -2.09. The van der Waals surface area contributed by atoms with Gasteiger partial charge in [0.05, 0.1) is 5.69 Å². The van der Waals surface area contributed by atoms with E-state index >= 15 is 0 Å². The van der Waals surface area contributed by atoms with E-state index in [1.54, 1.807) is 0 Å². The lowest BCUT2D eigenvalue weighted by atomic mass is 10.2. The van der Waals surface area contributed by atoms with Crippen LogP contribution in [0.25, 0.3) is 0 Å². The largest absolute Gasteiger partial charge is 0.487 e. The Labute approximate surface area is 126 Å². The van der Waals surface area contributed by atoms with Gasteiger partial charge in [-0.2, -0.15) is 5.10 Å². The summed E-state index contributed by atoms with van der Waals surface area (Å²) in [7, 11) is 0. The Hall–Kier alpha value is -1.36. The van der Waals surface area contributed by atoms with Gasteiger partial charge in [0.15, 0.2) is 0 Å². The molecular weight excluding hydrogens is 323 g/mol. The molecule has 0 spiro atoms. The van der Waals surface area contributed by atoms with Gasteiger partial charge in [-0.3, -0.25) is 4.68 Å². The predicted octanol–water partition coefficient (Wildman–Crippen LogP) is 4.47. The Kier molecular flexibility index (Phi) is 5.17. The summed E-state index contributed by atoms with van der Waals surface area (Å²) >= 11 is 3.31. The molecule has 3 nitrogen and oxygen atoms in total. The molecule has 0 radical (unpaired) electrons. The molecule has 108 valence electrons. The van der Waals surface area contributed by atoms with Gasteiger partial charge < -0.3 is 4.74 Å². The normalized spacial score (nSPS) is 12.4. The number of hydrogen-bond acceptors (Lipinski definition) is 2. The van der Waals surface area contributed by atoms with Gasteiger partial charge in [0.1, 0.15) is 18.2 Å². The first-order chi connectivity index (χ1) is 9.62. The van der Waals surface area contributed by atoms with Crippen LogP contribution < -0.4 is 4.74 Å². The Bertz CT molecular complexity index is 571. The fourth-order valence-electron chi connectivity index (χ4n) is 1.83. The van der Waals surface area contributed by atoms with Crippen molar-refractivity contribution in [2.75, 3.05) is 0 Å². The molecule has 0 aliphatic heterocycles. The highest BCUT2D eigenvalue weighted by Crippen LogP contribution is 2.19. The lowest BCUT2D eigenvalue weighted by molar-refractivity contribution is 0.296. The third-order valence-electron chi connectivity index (χ3n) is 3.18. The summed E-state index contributed by atoms with van der Waals surface area (Å²) in [4.78, 5) is 0. The second kappa shape index (κ2) is 6.88. The van der Waals surface area contributed by atoms with Crippen molar-refractivity contribution in [2.24, 2.45) is 0 Å². The molecule has 0 saturated carbocycles. The number of halogens is 2. The highest BCUT2D eigenvalue weighted by Gasteiger charge is 2.06. The van der Waals surface area contributed by atoms with E-state index in [9.17, 15) is 4.39 Å². The van der Waals surface area contributed by atoms with Crippen molar-refractivity contribution < 1.29 is 9.13 Å². The molecule has 0 fully saturated rings. The van der Waals surface area contributed by atoms with Crippen LogP contribution in [0.1, 0.15) is 37.6 Å². The van der Waals surface area contributed by atoms with Crippen LogP contribution in [0.5, 0.6) is 5.75 Å². The summed E-state index contributed by atoms with van der Waals surface area (Å²) in [6, 6.07) is 7.00. The highest BCUT2D eigenvalue weighted by molar-refractivity contribution is 9.08. The molecule has 5 heteroatoms. The summed E-state index contributed by atoms with van der Waals surface area (Å²) in [6.45, 7) is 4.58. The molecule has 0 N–H and O–H groups in total. The van der Waals surface area contributed by atoms with Crippen LogP contribution in [0.3, 0.4) is 0 Å². The number of ether oxygens (including phenoxy) is 1. The summed E-state index contributed by atoms with van der Waals surface area (Å²) < 4.78 is 20.9. The zero-order valence-electron chi connectivity index (χ0n) is 11.6. The SMILES string of the molecule is CCC(C)n1ccc(COc2cc(F)cc(CBr)c2)n1. The molecule has 0 bridgehead atoms. The van der Waals surface area contributed by atoms with Crippen LogP contribution in [-0.2, 0) is 11.9 Å². The van der Waals surface area contributed by atoms with Gasteiger partial charge in [-0.1, -0.05) is 22.9 Å². The molecule has 20 heavy (non-hydrogen) atoms. The fourth-order valence-corrected chi connectivity index (χ4v) is 2.15. The van der Waals surface area contributed by atoms with Crippen molar-refractivity contribution in [3.8, 4) is 5.75 Å². The molecule has 1 atom stereocenters. The maximum atomic E-state index is 13.4. The molecule has 2 rings (SSSR count). The van der Waals surface area contributed by atoms with E-state index in [2.05, 4.69) is 34.9 Å². The number of nitrogens with zero attached hydrogens (tertiary/aromatic N) is 2. The van der Waals surface area contributed by atoms with Gasteiger partial charge >= 0.3 is 0 Å². The van der Waals surface area contributed by atoms with Crippen molar-refractivity contribution in [3.63, 3.8) is 0 Å². The average Bonchev–Trinajstić information content (AvgIpc) is 2.92. The number of aromatic nitrogens is 2. The Morgan fingerprint density at radius 1 is 1.40 bits per heavy atom. The maximum absolute atomic E-state index is 13.4. The van der Waals surface area contributed by atoms with Crippen LogP contribution in [0.15, 0.2) is 30.5 Å². The van der Waals surface area contributed by atoms with E-state index in [-0.39, 0.29) is 5.82 Å². The minimum absolute atomic E-state index is 0.290. The molecule has 0 amide bonds. The topological polar surface area (TPSA) is 27.1 Å². The van der Waals surface area contributed by atoms with E-state index in [0.29, 0.717) is 23.7 Å². The van der Waals surface area contributed by atoms with Crippen LogP contribution in [0.2, 0.25) is 0 Å².